The van der Waals surface area contributed by atoms with Crippen molar-refractivity contribution in [1.29, 1.82) is 0 Å². The van der Waals surface area contributed by atoms with Crippen LogP contribution in [0.5, 0.6) is 5.75 Å². The maximum atomic E-state index is 10.8. The van der Waals surface area contributed by atoms with Crippen molar-refractivity contribution in [2.75, 3.05) is 0 Å². The van der Waals surface area contributed by atoms with Gasteiger partial charge in [0, 0.05) is 16.8 Å². The van der Waals surface area contributed by atoms with Gasteiger partial charge in [0.1, 0.15) is 5.69 Å². The molecule has 0 radical (unpaired) electrons. The molecule has 0 saturated heterocycles. The van der Waals surface area contributed by atoms with E-state index < -0.39 is 6.16 Å². The molecule has 2 aromatic heterocycles. The van der Waals surface area contributed by atoms with Crippen molar-refractivity contribution in [3.05, 3.63) is 65.8 Å². The predicted octanol–water partition coefficient (Wildman–Crippen LogP) is 4.52. The lowest BCUT2D eigenvalue weighted by Gasteiger charge is -2.08. The summed E-state index contributed by atoms with van der Waals surface area (Å²) < 4.78 is 4.76. The van der Waals surface area contributed by atoms with Gasteiger partial charge in [-0.05, 0) is 36.4 Å². The van der Waals surface area contributed by atoms with E-state index in [1.54, 1.807) is 30.5 Å². The quantitative estimate of drug-likeness (QED) is 0.716. The topological polar surface area (TPSA) is 72.3 Å². The van der Waals surface area contributed by atoms with E-state index >= 15 is 0 Å². The van der Waals surface area contributed by atoms with Crippen molar-refractivity contribution < 1.29 is 14.6 Å². The number of rotatable bonds is 3. The third kappa shape index (κ3) is 3.46. The number of halogens is 1. The van der Waals surface area contributed by atoms with Gasteiger partial charge in [-0.25, -0.2) is 9.78 Å². The second kappa shape index (κ2) is 6.46. The highest BCUT2D eigenvalue weighted by atomic mass is 35.5. The second-order valence-corrected chi connectivity index (χ2v) is 5.07. The summed E-state index contributed by atoms with van der Waals surface area (Å²) >= 11 is 5.89. The monoisotopic (exact) mass is 326 g/mol. The van der Waals surface area contributed by atoms with E-state index in [0.717, 1.165) is 11.3 Å². The van der Waals surface area contributed by atoms with E-state index in [-0.39, 0.29) is 5.75 Å². The zero-order valence-electron chi connectivity index (χ0n) is 11.8. The Bertz CT molecular complexity index is 850. The van der Waals surface area contributed by atoms with Gasteiger partial charge in [-0.2, -0.15) is 0 Å². The molecular formula is C17H11ClN2O3. The number of hydrogen-bond acceptors (Lipinski definition) is 4. The number of carboxylic acid groups (broad SMARTS) is 1. The van der Waals surface area contributed by atoms with Gasteiger partial charge in [0.05, 0.1) is 11.4 Å². The zero-order chi connectivity index (χ0) is 16.2. The van der Waals surface area contributed by atoms with Crippen LogP contribution in [0, 0.1) is 0 Å². The molecule has 0 spiro atoms. The maximum Gasteiger partial charge on any atom is 0.511 e. The fourth-order valence-electron chi connectivity index (χ4n) is 2.11. The van der Waals surface area contributed by atoms with E-state index in [2.05, 4.69) is 9.97 Å². The Balaban J connectivity index is 2.03. The number of pyridine rings is 2. The molecule has 1 N–H and O–H groups in total. The molecule has 23 heavy (non-hydrogen) atoms. The molecule has 0 amide bonds. The number of ether oxygens (including phenoxy) is 1. The number of nitrogens with zero attached hydrogens (tertiary/aromatic N) is 2. The predicted molar refractivity (Wildman–Crippen MR) is 86.6 cm³/mol. The smallest absolute Gasteiger partial charge is 0.449 e. The summed E-state index contributed by atoms with van der Waals surface area (Å²) in [7, 11) is 0. The molecule has 114 valence electrons. The first-order valence-electron chi connectivity index (χ1n) is 6.72. The summed E-state index contributed by atoms with van der Waals surface area (Å²) in [5, 5.41) is 9.46. The van der Waals surface area contributed by atoms with Crippen LogP contribution in [0.1, 0.15) is 0 Å². The molecule has 5 nitrogen and oxygen atoms in total. The van der Waals surface area contributed by atoms with Crippen molar-refractivity contribution in [2.45, 2.75) is 0 Å². The van der Waals surface area contributed by atoms with E-state index in [1.165, 1.54) is 6.07 Å². The molecule has 0 bridgehead atoms. The number of carbonyl (C=O) groups is 1. The summed E-state index contributed by atoms with van der Waals surface area (Å²) in [4.78, 5) is 19.5. The highest BCUT2D eigenvalue weighted by Gasteiger charge is 2.12. The lowest BCUT2D eigenvalue weighted by atomic mass is 10.1. The highest BCUT2D eigenvalue weighted by molar-refractivity contribution is 6.30. The number of hydrogen-bond donors (Lipinski definition) is 1. The first kappa shape index (κ1) is 15.0. The van der Waals surface area contributed by atoms with Crippen molar-refractivity contribution in [3.8, 4) is 28.4 Å². The molecule has 1 aromatic carbocycles. The van der Waals surface area contributed by atoms with Crippen molar-refractivity contribution in [1.82, 2.24) is 9.97 Å². The van der Waals surface area contributed by atoms with Crippen molar-refractivity contribution in [2.24, 2.45) is 0 Å². The minimum Gasteiger partial charge on any atom is -0.449 e. The van der Waals surface area contributed by atoms with Crippen LogP contribution in [-0.4, -0.2) is 21.2 Å². The third-order valence-electron chi connectivity index (χ3n) is 3.10. The largest absolute Gasteiger partial charge is 0.511 e. The molecule has 0 atom stereocenters. The summed E-state index contributed by atoms with van der Waals surface area (Å²) in [6.07, 6.45) is 0.161. The van der Waals surface area contributed by atoms with Crippen LogP contribution in [0.2, 0.25) is 5.02 Å². The van der Waals surface area contributed by atoms with Crippen molar-refractivity contribution >= 4 is 17.8 Å². The molecular weight excluding hydrogens is 316 g/mol. The SMILES string of the molecule is O=C(O)Oc1cccnc1-c1cccc(-c2ccc(Cl)cc2)n1. The zero-order valence-corrected chi connectivity index (χ0v) is 12.6. The van der Waals surface area contributed by atoms with Gasteiger partial charge in [-0.1, -0.05) is 29.8 Å². The van der Waals surface area contributed by atoms with E-state index in [4.69, 9.17) is 21.4 Å². The van der Waals surface area contributed by atoms with Crippen LogP contribution in [-0.2, 0) is 0 Å². The first-order chi connectivity index (χ1) is 11.1. The van der Waals surface area contributed by atoms with Gasteiger partial charge in [-0.15, -0.1) is 0 Å². The Morgan fingerprint density at radius 2 is 1.74 bits per heavy atom. The molecule has 0 fully saturated rings. The van der Waals surface area contributed by atoms with Crippen LogP contribution < -0.4 is 4.74 Å². The Labute approximate surface area is 137 Å². The summed E-state index contributed by atoms with van der Waals surface area (Å²) in [6.45, 7) is 0. The van der Waals surface area contributed by atoms with Gasteiger partial charge in [0.2, 0.25) is 0 Å². The van der Waals surface area contributed by atoms with Crippen LogP contribution in [0.4, 0.5) is 4.79 Å². The molecule has 3 rings (SSSR count). The highest BCUT2D eigenvalue weighted by Crippen LogP contribution is 2.28. The Morgan fingerprint density at radius 3 is 2.48 bits per heavy atom. The van der Waals surface area contributed by atoms with E-state index in [9.17, 15) is 4.79 Å². The van der Waals surface area contributed by atoms with Gasteiger partial charge < -0.3 is 9.84 Å². The number of aromatic nitrogens is 2. The van der Waals surface area contributed by atoms with Gasteiger partial charge >= 0.3 is 6.16 Å². The van der Waals surface area contributed by atoms with Crippen LogP contribution in [0.3, 0.4) is 0 Å². The first-order valence-corrected chi connectivity index (χ1v) is 7.10. The van der Waals surface area contributed by atoms with Crippen LogP contribution >= 0.6 is 11.6 Å². The van der Waals surface area contributed by atoms with Crippen molar-refractivity contribution in [3.63, 3.8) is 0 Å². The lowest BCUT2D eigenvalue weighted by Crippen LogP contribution is -2.05. The normalized spacial score (nSPS) is 10.3. The summed E-state index contributed by atoms with van der Waals surface area (Å²) in [6, 6.07) is 15.9. The fourth-order valence-corrected chi connectivity index (χ4v) is 2.23. The lowest BCUT2D eigenvalue weighted by molar-refractivity contribution is 0.144. The van der Waals surface area contributed by atoms with Gasteiger partial charge in [0.25, 0.3) is 0 Å². The molecule has 0 aliphatic heterocycles. The second-order valence-electron chi connectivity index (χ2n) is 4.63. The summed E-state index contributed by atoms with van der Waals surface area (Å²) in [5.74, 6) is 0.140. The Hall–Kier alpha value is -2.92. The Kier molecular flexibility index (Phi) is 4.21. The molecule has 3 aromatic rings. The molecule has 2 heterocycles. The van der Waals surface area contributed by atoms with E-state index in [0.29, 0.717) is 16.4 Å². The summed E-state index contributed by atoms with van der Waals surface area (Å²) in [5.41, 5.74) is 2.51. The van der Waals surface area contributed by atoms with E-state index in [1.807, 2.05) is 24.3 Å². The average molecular weight is 327 g/mol. The standard InChI is InChI=1S/C17H11ClN2O3/c18-12-8-6-11(7-9-12)13-3-1-4-14(20-13)16-15(23-17(21)22)5-2-10-19-16/h1-10H,(H,21,22). The molecule has 0 aliphatic rings. The Morgan fingerprint density at radius 1 is 1.00 bits per heavy atom. The molecule has 6 heteroatoms. The molecule has 0 saturated carbocycles. The average Bonchev–Trinajstić information content (AvgIpc) is 2.56. The van der Waals surface area contributed by atoms with Crippen LogP contribution in [0.15, 0.2) is 60.8 Å². The maximum absolute atomic E-state index is 10.8. The minimum atomic E-state index is -1.40. The third-order valence-corrected chi connectivity index (χ3v) is 3.35. The van der Waals surface area contributed by atoms with Crippen LogP contribution in [0.25, 0.3) is 22.6 Å². The van der Waals surface area contributed by atoms with Gasteiger partial charge in [0.15, 0.2) is 5.75 Å². The molecule has 0 unspecified atom stereocenters. The minimum absolute atomic E-state index is 0.140. The molecule has 0 aliphatic carbocycles. The fraction of sp³-hybridized carbons (Fsp3) is 0. The number of benzene rings is 1. The van der Waals surface area contributed by atoms with Gasteiger partial charge in [-0.3, -0.25) is 4.98 Å².